The number of aliphatic hydroxyl groups excluding tert-OH is 1. The molecule has 57 heavy (non-hydrogen) atoms. The van der Waals surface area contributed by atoms with Gasteiger partial charge in [-0.05, 0) is 64.7 Å². The van der Waals surface area contributed by atoms with Gasteiger partial charge in [-0.3, -0.25) is 19.5 Å². The number of halogens is 1. The summed E-state index contributed by atoms with van der Waals surface area (Å²) in [5.74, 6) is 0.264. The lowest BCUT2D eigenvalue weighted by molar-refractivity contribution is -0.144. The van der Waals surface area contributed by atoms with Crippen LogP contribution in [0, 0.1) is 0 Å². The van der Waals surface area contributed by atoms with Gasteiger partial charge in [0.05, 0.1) is 48.4 Å². The molecule has 0 aliphatic heterocycles. The van der Waals surface area contributed by atoms with E-state index in [0.29, 0.717) is 30.4 Å². The highest BCUT2D eigenvalue weighted by molar-refractivity contribution is 8.00. The summed E-state index contributed by atoms with van der Waals surface area (Å²) in [6.07, 6.45) is 3.42. The van der Waals surface area contributed by atoms with Gasteiger partial charge in [-0.15, -0.1) is 11.8 Å². The maximum absolute atomic E-state index is 12.9. The largest absolute Gasteiger partial charge is 0.465 e. The van der Waals surface area contributed by atoms with Crippen molar-refractivity contribution in [1.29, 1.82) is 0 Å². The Hall–Kier alpha value is -4.51. The molecule has 0 spiro atoms. The van der Waals surface area contributed by atoms with Crippen molar-refractivity contribution in [3.05, 3.63) is 184 Å². The molecule has 0 aliphatic carbocycles. The number of ether oxygens (including phenoxy) is 1. The Labute approximate surface area is 348 Å². The van der Waals surface area contributed by atoms with Gasteiger partial charge in [0.25, 0.3) is 0 Å². The van der Waals surface area contributed by atoms with Gasteiger partial charge in [0.1, 0.15) is 0 Å². The van der Waals surface area contributed by atoms with E-state index in [2.05, 4.69) is 97.8 Å². The zero-order valence-electron chi connectivity index (χ0n) is 33.2. The van der Waals surface area contributed by atoms with Crippen molar-refractivity contribution in [3.8, 4) is 0 Å². The van der Waals surface area contributed by atoms with Crippen LogP contribution < -0.4 is 5.32 Å². The summed E-state index contributed by atoms with van der Waals surface area (Å²) in [5.41, 5.74) is 6.08. The van der Waals surface area contributed by atoms with E-state index in [1.807, 2.05) is 83.4 Å². The summed E-state index contributed by atoms with van der Waals surface area (Å²) in [7, 11) is -1.33. The number of pyridine rings is 1. The molecule has 5 rings (SSSR count). The Morgan fingerprint density at radius 2 is 1.40 bits per heavy atom. The van der Waals surface area contributed by atoms with E-state index in [-0.39, 0.29) is 31.4 Å². The number of carbonyl (C=O) groups excluding carboxylic acids is 2. The number of thioether (sulfide) groups is 1. The number of benzene rings is 4. The topological polar surface area (TPSA) is 91.8 Å². The van der Waals surface area contributed by atoms with Crippen LogP contribution in [0.2, 0.25) is 30.7 Å². The molecule has 0 saturated carbocycles. The number of allylic oxidation sites excluding steroid dienone is 1. The summed E-state index contributed by atoms with van der Waals surface area (Å²) in [6, 6.07) is 45.9. The maximum atomic E-state index is 12.9. The fourth-order valence-electron chi connectivity index (χ4n) is 6.48. The number of esters is 1. The molecular weight excluding hydrogens is 766 g/mol. The molecular formula is C47H54ClN3O4SSi. The van der Waals surface area contributed by atoms with E-state index in [4.69, 9.17) is 21.3 Å². The smallest absolute Gasteiger partial charge is 0.320 e. The summed E-state index contributed by atoms with van der Waals surface area (Å²) in [4.78, 5) is 32.5. The number of rotatable bonds is 21. The van der Waals surface area contributed by atoms with Gasteiger partial charge in [-0.1, -0.05) is 153 Å². The van der Waals surface area contributed by atoms with Crippen LogP contribution in [0.3, 0.4) is 0 Å². The minimum atomic E-state index is -1.33. The predicted molar refractivity (Wildman–Crippen MR) is 237 cm³/mol. The van der Waals surface area contributed by atoms with Gasteiger partial charge >= 0.3 is 5.97 Å². The molecule has 10 heteroatoms. The third-order valence-electron chi connectivity index (χ3n) is 9.40. The molecule has 5 aromatic rings. The SMILES string of the molecule is C[Si](C)(C)CCOC(=O)CN(Cc1ccc(Cl)cc1)Cc1cccc(CNC(=O)C[C@H](O)C=CCCSC(c2ccccc2)(c2ccccc2)c2ccccc2)n1. The van der Waals surface area contributed by atoms with Gasteiger partial charge in [-0.25, -0.2) is 0 Å². The second-order valence-corrected chi connectivity index (χ2v) is 22.7. The molecule has 0 aliphatic rings. The molecule has 0 fully saturated rings. The van der Waals surface area contributed by atoms with Crippen LogP contribution in [0.4, 0.5) is 0 Å². The summed E-state index contributed by atoms with van der Waals surface area (Å²) < 4.78 is 5.19. The second-order valence-electron chi connectivity index (χ2n) is 15.3. The zero-order valence-corrected chi connectivity index (χ0v) is 35.7. The number of amides is 1. The number of aliphatic hydroxyl groups is 1. The minimum absolute atomic E-state index is 0.0556. The van der Waals surface area contributed by atoms with E-state index in [0.717, 1.165) is 29.5 Å². The van der Waals surface area contributed by atoms with Crippen molar-refractivity contribution in [2.75, 3.05) is 18.9 Å². The minimum Gasteiger partial charge on any atom is -0.465 e. The highest BCUT2D eigenvalue weighted by atomic mass is 35.5. The number of hydrogen-bond donors (Lipinski definition) is 2. The van der Waals surface area contributed by atoms with Crippen LogP contribution >= 0.6 is 23.4 Å². The van der Waals surface area contributed by atoms with Crippen LogP contribution in [0.15, 0.2) is 146 Å². The molecule has 1 atom stereocenters. The Kier molecular flexibility index (Phi) is 16.7. The van der Waals surface area contributed by atoms with Crippen molar-refractivity contribution >= 4 is 43.3 Å². The predicted octanol–water partition coefficient (Wildman–Crippen LogP) is 9.66. The Balaban J connectivity index is 1.13. The van der Waals surface area contributed by atoms with Crippen molar-refractivity contribution in [1.82, 2.24) is 15.2 Å². The fourth-order valence-corrected chi connectivity index (χ4v) is 8.79. The third kappa shape index (κ3) is 14.1. The standard InChI is InChI=1S/C47H54ClN3O4SSi/c1-57(2,3)31-29-55-46(54)36-51(34-37-25-27-41(48)28-26-37)35-43-23-15-22-42(50-43)33-49-45(53)32-44(52)24-13-14-30-56-47(38-16-7-4-8-17-38,39-18-9-5-10-19-39)40-20-11-6-12-21-40/h4-13,15-28,44,52H,14,29-36H2,1-3H3,(H,49,53)/t44-/m1/s1. The first-order chi connectivity index (χ1) is 27.5. The lowest BCUT2D eigenvalue weighted by Crippen LogP contribution is -2.32. The molecule has 4 aromatic carbocycles. The van der Waals surface area contributed by atoms with E-state index in [1.165, 1.54) is 16.7 Å². The van der Waals surface area contributed by atoms with Gasteiger partial charge in [0, 0.05) is 26.2 Å². The van der Waals surface area contributed by atoms with Gasteiger partial charge in [0.2, 0.25) is 5.91 Å². The average Bonchev–Trinajstić information content (AvgIpc) is 3.20. The highest BCUT2D eigenvalue weighted by Gasteiger charge is 2.36. The van der Waals surface area contributed by atoms with Crippen molar-refractivity contribution in [2.24, 2.45) is 0 Å². The second kappa shape index (κ2) is 21.9. The third-order valence-corrected chi connectivity index (χ3v) is 12.9. The molecule has 0 radical (unpaired) electrons. The normalized spacial score (nSPS) is 12.5. The first-order valence-corrected chi connectivity index (χ1v) is 24.6. The Morgan fingerprint density at radius 3 is 1.98 bits per heavy atom. The first kappa shape index (κ1) is 43.6. The number of aromatic nitrogens is 1. The molecule has 7 nitrogen and oxygen atoms in total. The van der Waals surface area contributed by atoms with Crippen LogP contribution in [0.5, 0.6) is 0 Å². The van der Waals surface area contributed by atoms with Crippen molar-refractivity contribution in [3.63, 3.8) is 0 Å². The van der Waals surface area contributed by atoms with Crippen LogP contribution in [-0.4, -0.2) is 59.9 Å². The lowest BCUT2D eigenvalue weighted by Gasteiger charge is -2.35. The Morgan fingerprint density at radius 1 is 0.825 bits per heavy atom. The van der Waals surface area contributed by atoms with E-state index >= 15 is 0 Å². The first-order valence-electron chi connectivity index (χ1n) is 19.5. The van der Waals surface area contributed by atoms with Crippen molar-refractivity contribution < 1.29 is 19.4 Å². The highest BCUT2D eigenvalue weighted by Crippen LogP contribution is 2.48. The molecule has 0 unspecified atom stereocenters. The quantitative estimate of drug-likeness (QED) is 0.0251. The zero-order chi connectivity index (χ0) is 40.5. The Bertz CT molecular complexity index is 1920. The lowest BCUT2D eigenvalue weighted by atomic mass is 9.84. The van der Waals surface area contributed by atoms with E-state index in [9.17, 15) is 14.7 Å². The number of nitrogens with zero attached hydrogens (tertiary/aromatic N) is 2. The summed E-state index contributed by atoms with van der Waals surface area (Å²) >= 11 is 7.97. The molecule has 1 amide bonds. The number of nitrogens with one attached hydrogen (secondary N) is 1. The van der Waals surface area contributed by atoms with Gasteiger partial charge in [-0.2, -0.15) is 0 Å². The van der Waals surface area contributed by atoms with Crippen LogP contribution in [0.25, 0.3) is 0 Å². The molecule has 1 aromatic heterocycles. The van der Waals surface area contributed by atoms with Crippen LogP contribution in [0.1, 0.15) is 46.5 Å². The molecule has 2 N–H and O–H groups in total. The molecule has 0 saturated heterocycles. The average molecular weight is 821 g/mol. The monoisotopic (exact) mass is 819 g/mol. The summed E-state index contributed by atoms with van der Waals surface area (Å²) in [6.45, 7) is 8.46. The molecule has 298 valence electrons. The van der Waals surface area contributed by atoms with Crippen LogP contribution in [-0.2, 0) is 38.7 Å². The van der Waals surface area contributed by atoms with Gasteiger partial charge in [0.15, 0.2) is 0 Å². The van der Waals surface area contributed by atoms with Gasteiger partial charge < -0.3 is 15.2 Å². The summed E-state index contributed by atoms with van der Waals surface area (Å²) in [5, 5.41) is 14.3. The van der Waals surface area contributed by atoms with E-state index in [1.54, 1.807) is 6.08 Å². The number of hydrogen-bond acceptors (Lipinski definition) is 7. The molecule has 1 heterocycles. The van der Waals surface area contributed by atoms with E-state index < -0.39 is 18.9 Å². The molecule has 0 bridgehead atoms. The fraction of sp³-hybridized carbons (Fsp3) is 0.298. The maximum Gasteiger partial charge on any atom is 0.320 e. The van der Waals surface area contributed by atoms with Crippen molar-refractivity contribution in [2.45, 2.75) is 69.0 Å². The number of carbonyl (C=O) groups is 2.